The van der Waals surface area contributed by atoms with Crippen LogP contribution < -0.4 is 10.9 Å². The smallest absolute Gasteiger partial charge is 0.741 e. The quantitative estimate of drug-likeness (QED) is 0.114. The molecule has 2 N–H and O–H groups in total. The fourth-order valence-corrected chi connectivity index (χ4v) is 2.90. The molecule has 0 saturated heterocycles. The van der Waals surface area contributed by atoms with Gasteiger partial charge in [-0.15, -0.1) is 0 Å². The van der Waals surface area contributed by atoms with Crippen LogP contribution in [0.15, 0.2) is 118 Å². The van der Waals surface area contributed by atoms with Gasteiger partial charge >= 0.3 is 16.5 Å². The Hall–Kier alpha value is -4.19. The molecule has 0 bridgehead atoms. The SMILES string of the molecule is CN=C([S-])NN=C(c1ccccn1)c1ccccn1.CN=C([S-])NN=C(c1ccccn1)c1ccccn1.[Ni+2]. The largest absolute Gasteiger partial charge is 2.00 e. The van der Waals surface area contributed by atoms with E-state index in [0.717, 1.165) is 0 Å². The number of pyridine rings is 4. The Kier molecular flexibility index (Phi) is 13.8. The van der Waals surface area contributed by atoms with Gasteiger partial charge in [-0.3, -0.25) is 40.8 Å². The molecule has 0 atom stereocenters. The molecule has 4 aromatic rings. The molecule has 0 aliphatic carbocycles. The van der Waals surface area contributed by atoms with Gasteiger partial charge in [-0.2, -0.15) is 10.2 Å². The topological polar surface area (TPSA) is 125 Å². The van der Waals surface area contributed by atoms with E-state index in [0.29, 0.717) is 44.5 Å². The van der Waals surface area contributed by atoms with Gasteiger partial charge < -0.3 is 25.3 Å². The van der Waals surface area contributed by atoms with E-state index >= 15 is 0 Å². The number of rotatable bonds is 6. The Morgan fingerprint density at radius 1 is 0.538 bits per heavy atom. The second-order valence-corrected chi connectivity index (χ2v) is 7.84. The number of hydrogen-bond donors (Lipinski definition) is 2. The minimum absolute atomic E-state index is 0. The van der Waals surface area contributed by atoms with Gasteiger partial charge in [0.2, 0.25) is 0 Å². The summed E-state index contributed by atoms with van der Waals surface area (Å²) in [7, 11) is 3.21. The van der Waals surface area contributed by atoms with Crippen LogP contribution in [-0.4, -0.2) is 55.8 Å². The van der Waals surface area contributed by atoms with E-state index in [1.54, 1.807) is 38.9 Å². The molecular weight excluding hydrogens is 575 g/mol. The van der Waals surface area contributed by atoms with E-state index in [-0.39, 0.29) is 16.5 Å². The predicted molar refractivity (Wildman–Crippen MR) is 156 cm³/mol. The summed E-state index contributed by atoms with van der Waals surface area (Å²) in [4.78, 5) is 24.7. The van der Waals surface area contributed by atoms with Crippen LogP contribution in [0, 0.1) is 0 Å². The molecule has 4 aromatic heterocycles. The molecule has 13 heteroatoms. The van der Waals surface area contributed by atoms with Gasteiger partial charge in [-0.1, -0.05) is 24.3 Å². The third-order valence-electron chi connectivity index (χ3n) is 4.56. The standard InChI is InChI=1S/2C13H13N5S.Ni/c2*1-14-13(19)18-17-12(10-6-2-4-8-15-10)11-7-3-5-9-16-11;/h2*2-9H,1H3,(H2,14,18,19);/q;;+2/p-2. The van der Waals surface area contributed by atoms with Crippen molar-refractivity contribution in [3.63, 3.8) is 0 Å². The third kappa shape index (κ3) is 10.2. The number of hydrazone groups is 2. The maximum Gasteiger partial charge on any atom is 2.00 e. The Bertz CT molecular complexity index is 1190. The van der Waals surface area contributed by atoms with Gasteiger partial charge in [0.05, 0.1) is 22.8 Å². The minimum atomic E-state index is 0. The molecule has 0 spiro atoms. The second kappa shape index (κ2) is 17.3. The van der Waals surface area contributed by atoms with Crippen LogP contribution in [0.25, 0.3) is 0 Å². The van der Waals surface area contributed by atoms with Crippen LogP contribution in [-0.2, 0) is 41.7 Å². The van der Waals surface area contributed by atoms with E-state index in [4.69, 9.17) is 25.3 Å². The molecule has 0 saturated carbocycles. The van der Waals surface area contributed by atoms with Gasteiger partial charge in [0.25, 0.3) is 0 Å². The number of amidine groups is 2. The Balaban J connectivity index is 0.000000267. The summed E-state index contributed by atoms with van der Waals surface area (Å²) in [6.07, 6.45) is 6.82. The molecule has 0 aliphatic heterocycles. The van der Waals surface area contributed by atoms with E-state index in [1.165, 1.54) is 0 Å². The number of nitrogens with one attached hydrogen (secondary N) is 2. The van der Waals surface area contributed by atoms with Crippen LogP contribution in [0.2, 0.25) is 0 Å². The predicted octanol–water partition coefficient (Wildman–Crippen LogP) is 2.70. The van der Waals surface area contributed by atoms with E-state index in [2.05, 4.69) is 51.0 Å². The summed E-state index contributed by atoms with van der Waals surface area (Å²) in [6.45, 7) is 0. The van der Waals surface area contributed by atoms with Crippen molar-refractivity contribution in [1.82, 2.24) is 30.8 Å². The van der Waals surface area contributed by atoms with Crippen molar-refractivity contribution >= 4 is 47.0 Å². The first-order valence-electron chi connectivity index (χ1n) is 11.2. The summed E-state index contributed by atoms with van der Waals surface area (Å²) in [6, 6.07) is 22.4. The Labute approximate surface area is 248 Å². The molecule has 0 amide bonds. The zero-order valence-corrected chi connectivity index (χ0v) is 23.6. The second-order valence-electron chi connectivity index (χ2n) is 7.06. The monoisotopic (exact) mass is 598 g/mol. The third-order valence-corrected chi connectivity index (χ3v) is 5.11. The van der Waals surface area contributed by atoms with Crippen LogP contribution >= 0.6 is 0 Å². The first-order valence-corrected chi connectivity index (χ1v) is 12.0. The van der Waals surface area contributed by atoms with Gasteiger partial charge in [-0.05, 0) is 58.9 Å². The van der Waals surface area contributed by atoms with Crippen molar-refractivity contribution in [1.29, 1.82) is 0 Å². The average Bonchev–Trinajstić information content (AvgIpc) is 2.99. The fourth-order valence-electron chi connectivity index (χ4n) is 2.81. The molecule has 4 heterocycles. The zero-order chi connectivity index (χ0) is 27.0. The minimum Gasteiger partial charge on any atom is -0.741 e. The molecule has 200 valence electrons. The van der Waals surface area contributed by atoms with E-state index < -0.39 is 0 Å². The molecule has 4 rings (SSSR count). The number of aromatic nitrogens is 4. The number of hydrogen-bond acceptors (Lipinski definition) is 10. The van der Waals surface area contributed by atoms with Crippen LogP contribution in [0.3, 0.4) is 0 Å². The number of nitrogens with zero attached hydrogens (tertiary/aromatic N) is 8. The fraction of sp³-hybridized carbons (Fsp3) is 0.0769. The van der Waals surface area contributed by atoms with E-state index in [1.807, 2.05) is 72.8 Å². The summed E-state index contributed by atoms with van der Waals surface area (Å²) < 4.78 is 0. The maximum absolute atomic E-state index is 4.95. The van der Waals surface area contributed by atoms with Crippen LogP contribution in [0.4, 0.5) is 0 Å². The summed E-state index contributed by atoms with van der Waals surface area (Å²) >= 11 is 9.90. The molecule has 0 fully saturated rings. The molecule has 0 aliphatic rings. The average molecular weight is 599 g/mol. The van der Waals surface area contributed by atoms with Crippen molar-refractivity contribution in [2.24, 2.45) is 20.2 Å². The van der Waals surface area contributed by atoms with Crippen molar-refractivity contribution in [2.75, 3.05) is 14.1 Å². The zero-order valence-electron chi connectivity index (χ0n) is 20.9. The summed E-state index contributed by atoms with van der Waals surface area (Å²) in [5, 5.41) is 9.10. The molecule has 0 unspecified atom stereocenters. The first kappa shape index (κ1) is 31.0. The first-order chi connectivity index (χ1) is 18.6. The van der Waals surface area contributed by atoms with E-state index in [9.17, 15) is 0 Å². The van der Waals surface area contributed by atoms with Gasteiger partial charge in [-0.25, -0.2) is 0 Å². The molecule has 0 radical (unpaired) electrons. The normalized spacial score (nSPS) is 10.6. The van der Waals surface area contributed by atoms with Crippen molar-refractivity contribution < 1.29 is 16.5 Å². The Morgan fingerprint density at radius 3 is 1.03 bits per heavy atom. The summed E-state index contributed by atoms with van der Waals surface area (Å²) in [5.74, 6) is 0. The van der Waals surface area contributed by atoms with Crippen LogP contribution in [0.5, 0.6) is 0 Å². The van der Waals surface area contributed by atoms with Gasteiger partial charge in [0.1, 0.15) is 11.4 Å². The summed E-state index contributed by atoms with van der Waals surface area (Å²) in [5.41, 5.74) is 9.50. The molecule has 0 aromatic carbocycles. The van der Waals surface area contributed by atoms with Crippen LogP contribution in [0.1, 0.15) is 22.8 Å². The molecule has 10 nitrogen and oxygen atoms in total. The number of aliphatic imine (C=N–C) groups is 2. The van der Waals surface area contributed by atoms with Crippen molar-refractivity contribution in [2.45, 2.75) is 0 Å². The Morgan fingerprint density at radius 2 is 0.821 bits per heavy atom. The van der Waals surface area contributed by atoms with Crippen molar-refractivity contribution in [3.8, 4) is 0 Å². The van der Waals surface area contributed by atoms with Crippen molar-refractivity contribution in [3.05, 3.63) is 120 Å². The van der Waals surface area contributed by atoms with Gasteiger partial charge in [0.15, 0.2) is 0 Å². The molecular formula is C26H24N10NiS2. The maximum atomic E-state index is 4.95. The van der Waals surface area contributed by atoms with Gasteiger partial charge in [0, 0.05) is 38.9 Å². The molecule has 39 heavy (non-hydrogen) atoms.